The summed E-state index contributed by atoms with van der Waals surface area (Å²) in [4.78, 5) is 4.98. The highest BCUT2D eigenvalue weighted by atomic mass is 15.3. The van der Waals surface area contributed by atoms with Gasteiger partial charge < -0.3 is 10.6 Å². The van der Waals surface area contributed by atoms with Crippen molar-refractivity contribution in [2.75, 3.05) is 33.2 Å². The molecule has 1 aliphatic heterocycles. The molecule has 0 spiro atoms. The van der Waals surface area contributed by atoms with Crippen molar-refractivity contribution in [1.82, 2.24) is 9.80 Å². The van der Waals surface area contributed by atoms with Crippen LogP contribution in [0.3, 0.4) is 0 Å². The Bertz CT molecular complexity index is 387. The van der Waals surface area contributed by atoms with Gasteiger partial charge in [-0.2, -0.15) is 0 Å². The summed E-state index contributed by atoms with van der Waals surface area (Å²) in [6.07, 6.45) is 1.22. The molecular weight excluding hydrogens is 234 g/mol. The summed E-state index contributed by atoms with van der Waals surface area (Å²) in [5, 5.41) is 0. The summed E-state index contributed by atoms with van der Waals surface area (Å²) in [5.74, 6) is 0. The Morgan fingerprint density at radius 3 is 2.58 bits per heavy atom. The molecule has 0 radical (unpaired) electrons. The minimum Gasteiger partial charge on any atom is -0.323 e. The van der Waals surface area contributed by atoms with Crippen molar-refractivity contribution >= 4 is 0 Å². The molecule has 1 aromatic carbocycles. The van der Waals surface area contributed by atoms with Gasteiger partial charge in [0, 0.05) is 38.3 Å². The molecule has 2 unspecified atom stereocenters. The van der Waals surface area contributed by atoms with Crippen LogP contribution in [0.2, 0.25) is 0 Å². The second-order valence-electron chi connectivity index (χ2n) is 5.82. The summed E-state index contributed by atoms with van der Waals surface area (Å²) < 4.78 is 0. The molecule has 0 amide bonds. The fourth-order valence-electron chi connectivity index (χ4n) is 2.81. The van der Waals surface area contributed by atoms with Gasteiger partial charge in [-0.3, -0.25) is 4.90 Å². The van der Waals surface area contributed by atoms with Gasteiger partial charge in [0.2, 0.25) is 0 Å². The van der Waals surface area contributed by atoms with E-state index in [9.17, 15) is 0 Å². The van der Waals surface area contributed by atoms with E-state index in [2.05, 4.69) is 55.0 Å². The standard InChI is InChI=1S/C16H27N3/c1-4-15-11-19(10-9-18(15)3)12-16(17)14-7-5-13(2)6-8-14/h5-8,15-16H,4,9-12,17H2,1-3H3. The molecule has 3 nitrogen and oxygen atoms in total. The largest absolute Gasteiger partial charge is 0.323 e. The molecule has 2 atom stereocenters. The first-order valence-corrected chi connectivity index (χ1v) is 7.35. The number of likely N-dealkylation sites (N-methyl/N-ethyl adjacent to an activating group) is 1. The first kappa shape index (κ1) is 14.5. The Balaban J connectivity index is 1.92. The average molecular weight is 261 g/mol. The molecule has 1 aromatic rings. The van der Waals surface area contributed by atoms with E-state index in [1.165, 1.54) is 17.5 Å². The summed E-state index contributed by atoms with van der Waals surface area (Å²) in [6.45, 7) is 8.78. The van der Waals surface area contributed by atoms with Gasteiger partial charge in [0.25, 0.3) is 0 Å². The first-order valence-electron chi connectivity index (χ1n) is 7.35. The van der Waals surface area contributed by atoms with Crippen LogP contribution >= 0.6 is 0 Å². The Kier molecular flexibility index (Phi) is 4.97. The highest BCUT2D eigenvalue weighted by molar-refractivity contribution is 5.24. The lowest BCUT2D eigenvalue weighted by Crippen LogP contribution is -2.52. The van der Waals surface area contributed by atoms with Gasteiger partial charge >= 0.3 is 0 Å². The SMILES string of the molecule is CCC1CN(CC(N)c2ccc(C)cc2)CCN1C. The van der Waals surface area contributed by atoms with E-state index in [1.807, 2.05) is 0 Å². The second kappa shape index (κ2) is 6.51. The van der Waals surface area contributed by atoms with E-state index >= 15 is 0 Å². The number of hydrogen-bond donors (Lipinski definition) is 1. The van der Waals surface area contributed by atoms with Crippen LogP contribution in [0.4, 0.5) is 0 Å². The Labute approximate surface area is 117 Å². The molecule has 1 saturated heterocycles. The van der Waals surface area contributed by atoms with Gasteiger partial charge in [-0.25, -0.2) is 0 Å². The van der Waals surface area contributed by atoms with Crippen LogP contribution in [0, 0.1) is 6.92 Å². The molecule has 1 fully saturated rings. The van der Waals surface area contributed by atoms with E-state index in [4.69, 9.17) is 5.73 Å². The maximum Gasteiger partial charge on any atom is 0.0424 e. The predicted octanol–water partition coefficient (Wildman–Crippen LogP) is 2.02. The highest BCUT2D eigenvalue weighted by Crippen LogP contribution is 2.16. The van der Waals surface area contributed by atoms with Gasteiger partial charge in [0.1, 0.15) is 0 Å². The van der Waals surface area contributed by atoms with Crippen LogP contribution in [-0.4, -0.2) is 49.1 Å². The zero-order valence-electron chi connectivity index (χ0n) is 12.5. The molecule has 19 heavy (non-hydrogen) atoms. The topological polar surface area (TPSA) is 32.5 Å². The van der Waals surface area contributed by atoms with Gasteiger partial charge in [-0.15, -0.1) is 0 Å². The van der Waals surface area contributed by atoms with Crippen LogP contribution in [0.5, 0.6) is 0 Å². The summed E-state index contributed by atoms with van der Waals surface area (Å²) in [7, 11) is 2.23. The van der Waals surface area contributed by atoms with Gasteiger partial charge in [-0.1, -0.05) is 36.8 Å². The average Bonchev–Trinajstić information content (AvgIpc) is 2.41. The minimum atomic E-state index is 0.126. The molecule has 2 N–H and O–H groups in total. The third kappa shape index (κ3) is 3.78. The number of aryl methyl sites for hydroxylation is 1. The third-order valence-corrected chi connectivity index (χ3v) is 4.29. The van der Waals surface area contributed by atoms with Crippen molar-refractivity contribution in [3.05, 3.63) is 35.4 Å². The molecule has 0 bridgehead atoms. The maximum absolute atomic E-state index is 6.34. The molecule has 1 aliphatic rings. The van der Waals surface area contributed by atoms with Crippen molar-refractivity contribution in [3.63, 3.8) is 0 Å². The van der Waals surface area contributed by atoms with Crippen molar-refractivity contribution < 1.29 is 0 Å². The predicted molar refractivity (Wildman–Crippen MR) is 81.3 cm³/mol. The van der Waals surface area contributed by atoms with Crippen molar-refractivity contribution in [1.29, 1.82) is 0 Å². The maximum atomic E-state index is 6.34. The summed E-state index contributed by atoms with van der Waals surface area (Å²) >= 11 is 0. The second-order valence-corrected chi connectivity index (χ2v) is 5.82. The molecule has 0 aromatic heterocycles. The molecule has 1 heterocycles. The number of piperazine rings is 1. The van der Waals surface area contributed by atoms with E-state index < -0.39 is 0 Å². The minimum absolute atomic E-state index is 0.126. The number of nitrogens with two attached hydrogens (primary N) is 1. The fraction of sp³-hybridized carbons (Fsp3) is 0.625. The number of benzene rings is 1. The monoisotopic (exact) mass is 261 g/mol. The third-order valence-electron chi connectivity index (χ3n) is 4.29. The van der Waals surface area contributed by atoms with E-state index in [0.717, 1.165) is 26.2 Å². The van der Waals surface area contributed by atoms with Crippen LogP contribution < -0.4 is 5.73 Å². The van der Waals surface area contributed by atoms with Crippen LogP contribution in [0.1, 0.15) is 30.5 Å². The first-order chi connectivity index (χ1) is 9.10. The normalized spacial score (nSPS) is 23.5. The highest BCUT2D eigenvalue weighted by Gasteiger charge is 2.24. The Morgan fingerprint density at radius 2 is 1.95 bits per heavy atom. The zero-order chi connectivity index (χ0) is 13.8. The van der Waals surface area contributed by atoms with Gasteiger partial charge in [0.05, 0.1) is 0 Å². The lowest BCUT2D eigenvalue weighted by Gasteiger charge is -2.40. The summed E-state index contributed by atoms with van der Waals surface area (Å²) in [5.41, 5.74) is 8.88. The molecule has 0 saturated carbocycles. The lowest BCUT2D eigenvalue weighted by atomic mass is 10.0. The van der Waals surface area contributed by atoms with Crippen molar-refractivity contribution in [3.8, 4) is 0 Å². The van der Waals surface area contributed by atoms with Crippen molar-refractivity contribution in [2.24, 2.45) is 5.73 Å². The number of rotatable bonds is 4. The van der Waals surface area contributed by atoms with Crippen LogP contribution in [0.15, 0.2) is 24.3 Å². The Morgan fingerprint density at radius 1 is 1.26 bits per heavy atom. The smallest absolute Gasteiger partial charge is 0.0424 e. The molecular formula is C16H27N3. The zero-order valence-corrected chi connectivity index (χ0v) is 12.5. The Hall–Kier alpha value is -0.900. The van der Waals surface area contributed by atoms with E-state index in [0.29, 0.717) is 6.04 Å². The lowest BCUT2D eigenvalue weighted by molar-refractivity contribution is 0.0890. The van der Waals surface area contributed by atoms with Crippen LogP contribution in [-0.2, 0) is 0 Å². The fourth-order valence-corrected chi connectivity index (χ4v) is 2.81. The van der Waals surface area contributed by atoms with Gasteiger partial charge in [-0.05, 0) is 26.0 Å². The number of nitrogens with zero attached hydrogens (tertiary/aromatic N) is 2. The van der Waals surface area contributed by atoms with E-state index in [-0.39, 0.29) is 6.04 Å². The van der Waals surface area contributed by atoms with Crippen molar-refractivity contribution in [2.45, 2.75) is 32.4 Å². The quantitative estimate of drug-likeness (QED) is 0.900. The number of hydrogen-bond acceptors (Lipinski definition) is 3. The van der Waals surface area contributed by atoms with Crippen LogP contribution in [0.25, 0.3) is 0 Å². The molecule has 3 heteroatoms. The molecule has 106 valence electrons. The summed E-state index contributed by atoms with van der Waals surface area (Å²) in [6, 6.07) is 9.42. The van der Waals surface area contributed by atoms with Gasteiger partial charge in [0.15, 0.2) is 0 Å². The molecule has 2 rings (SSSR count). The van der Waals surface area contributed by atoms with E-state index in [1.54, 1.807) is 0 Å². The molecule has 0 aliphatic carbocycles.